The van der Waals surface area contributed by atoms with E-state index in [1.165, 1.54) is 19.3 Å². The molecule has 0 atom stereocenters. The van der Waals surface area contributed by atoms with Gasteiger partial charge < -0.3 is 5.11 Å². The molecule has 100 valence electrons. The highest BCUT2D eigenvalue weighted by molar-refractivity contribution is 5.90. The third-order valence-corrected chi connectivity index (χ3v) is 2.80. The second-order valence-corrected chi connectivity index (χ2v) is 4.21. The van der Waals surface area contributed by atoms with Crippen molar-refractivity contribution in [2.45, 2.75) is 45.4 Å². The molecule has 0 fully saturated rings. The second kappa shape index (κ2) is 5.66. The Morgan fingerprint density at radius 1 is 1.00 bits per heavy atom. The molecular weight excluding hydrogens is 240 g/mol. The van der Waals surface area contributed by atoms with Gasteiger partial charge in [-0.1, -0.05) is 32.6 Å². The van der Waals surface area contributed by atoms with E-state index in [0.29, 0.717) is 11.5 Å². The minimum atomic E-state index is -1.18. The Morgan fingerprint density at radius 3 is 2.22 bits per heavy atom. The summed E-state index contributed by atoms with van der Waals surface area (Å²) < 4.78 is 18.6. The topological polar surface area (TPSA) is 89.9 Å². The van der Waals surface area contributed by atoms with Gasteiger partial charge in [0.05, 0.1) is 0 Å². The van der Waals surface area contributed by atoms with Crippen molar-refractivity contribution in [3.63, 3.8) is 0 Å². The fourth-order valence-corrected chi connectivity index (χ4v) is 1.75. The molecule has 2 aromatic heterocycles. The van der Waals surface area contributed by atoms with Crippen LogP contribution in [0.15, 0.2) is 18.3 Å². The minimum absolute atomic E-state index is 0.109. The first kappa shape index (κ1) is 12.6. The minimum Gasteiger partial charge on any atom is -0.475 e. The Labute approximate surface area is 103 Å². The molecule has 2 rings (SSSR count). The lowest BCUT2D eigenvalue weighted by Crippen LogP contribution is -2.05. The summed E-state index contributed by atoms with van der Waals surface area (Å²) in [7, 11) is 0. The molecule has 0 saturated carbocycles. The van der Waals surface area contributed by atoms with Crippen LogP contribution in [0.25, 0.3) is 11.5 Å². The molecule has 0 spiro atoms. The summed E-state index contributed by atoms with van der Waals surface area (Å²) in [5.41, 5.74) is 0. The zero-order valence-corrected chi connectivity index (χ0v) is 10.2. The highest BCUT2D eigenvalue weighted by Crippen LogP contribution is 2.34. The molecule has 18 heavy (non-hydrogen) atoms. The Hall–Kier alpha value is -1.85. The van der Waals surface area contributed by atoms with E-state index in [1.54, 1.807) is 0 Å². The van der Waals surface area contributed by atoms with Crippen molar-refractivity contribution in [2.75, 3.05) is 0 Å². The van der Waals surface area contributed by atoms with Gasteiger partial charge in [0, 0.05) is 6.42 Å². The third-order valence-electron chi connectivity index (χ3n) is 2.80. The fraction of sp³-hybridized carbons (Fsp3) is 0.583. The smallest absolute Gasteiger partial charge is 0.380 e. The van der Waals surface area contributed by atoms with Crippen LogP contribution < -0.4 is 0 Å². The number of carbonyl (C=O) groups is 1. The SMILES string of the molecule is CCCCCCCc1ooc1-c1ooc1C(=O)O. The van der Waals surface area contributed by atoms with Crippen LogP contribution in [0.1, 0.15) is 55.3 Å². The lowest BCUT2D eigenvalue weighted by Gasteiger charge is -2.09. The van der Waals surface area contributed by atoms with Crippen LogP contribution in [0.4, 0.5) is 0 Å². The van der Waals surface area contributed by atoms with Gasteiger partial charge in [-0.05, 0) is 6.42 Å². The molecule has 0 saturated heterocycles. The maximum atomic E-state index is 10.7. The number of aryl methyl sites for hydroxylation is 1. The molecule has 0 bridgehead atoms. The van der Waals surface area contributed by atoms with Gasteiger partial charge in [-0.3, -0.25) is 18.3 Å². The largest absolute Gasteiger partial charge is 0.475 e. The van der Waals surface area contributed by atoms with E-state index in [4.69, 9.17) is 14.3 Å². The molecular formula is C12H16O6. The van der Waals surface area contributed by atoms with Gasteiger partial charge in [-0.25, -0.2) is 4.79 Å². The van der Waals surface area contributed by atoms with Crippen molar-refractivity contribution in [3.05, 3.63) is 11.5 Å². The average molecular weight is 256 g/mol. The van der Waals surface area contributed by atoms with Crippen molar-refractivity contribution >= 4 is 5.97 Å². The number of carboxylic acid groups (broad SMARTS) is 1. The van der Waals surface area contributed by atoms with Gasteiger partial charge in [0.15, 0.2) is 0 Å². The maximum absolute atomic E-state index is 10.7. The summed E-state index contributed by atoms with van der Waals surface area (Å²) in [5.74, 6) is -0.340. The summed E-state index contributed by atoms with van der Waals surface area (Å²) >= 11 is 0. The highest BCUT2D eigenvalue weighted by atomic mass is 17.0. The Morgan fingerprint density at radius 2 is 1.72 bits per heavy atom. The normalized spacial score (nSPS) is 11.2. The third kappa shape index (κ3) is 2.52. The number of aromatic carboxylic acids is 1. The second-order valence-electron chi connectivity index (χ2n) is 4.21. The summed E-state index contributed by atoms with van der Waals surface area (Å²) in [5, 5.41) is 8.75. The monoisotopic (exact) mass is 256 g/mol. The van der Waals surface area contributed by atoms with Gasteiger partial charge in [-0.15, -0.1) is 0 Å². The summed E-state index contributed by atoms with van der Waals surface area (Å²) in [6.45, 7) is 2.16. The Balaban J connectivity index is 1.84. The van der Waals surface area contributed by atoms with Crippen LogP contribution in [-0.4, -0.2) is 11.1 Å². The number of hydrogen-bond donors (Lipinski definition) is 1. The lowest BCUT2D eigenvalue weighted by atomic mass is 10.1. The van der Waals surface area contributed by atoms with Crippen LogP contribution >= 0.6 is 0 Å². The van der Waals surface area contributed by atoms with E-state index in [1.807, 2.05) is 0 Å². The predicted molar refractivity (Wildman–Crippen MR) is 60.4 cm³/mol. The van der Waals surface area contributed by atoms with Crippen LogP contribution in [0, 0.1) is 0 Å². The molecule has 6 heteroatoms. The first-order chi connectivity index (χ1) is 8.74. The molecule has 0 aromatic carbocycles. The molecule has 0 aliphatic rings. The molecule has 6 nitrogen and oxygen atoms in total. The van der Waals surface area contributed by atoms with Gasteiger partial charge in [-0.2, -0.15) is 0 Å². The van der Waals surface area contributed by atoms with E-state index < -0.39 is 5.97 Å². The van der Waals surface area contributed by atoms with E-state index in [2.05, 4.69) is 16.1 Å². The fourth-order valence-electron chi connectivity index (χ4n) is 1.75. The van der Waals surface area contributed by atoms with Gasteiger partial charge >= 0.3 is 11.7 Å². The van der Waals surface area contributed by atoms with Crippen LogP contribution in [0.2, 0.25) is 0 Å². The van der Waals surface area contributed by atoms with Crippen molar-refractivity contribution in [1.29, 1.82) is 0 Å². The van der Waals surface area contributed by atoms with E-state index in [0.717, 1.165) is 19.3 Å². The van der Waals surface area contributed by atoms with Gasteiger partial charge in [0.25, 0.3) is 11.5 Å². The summed E-state index contributed by atoms with van der Waals surface area (Å²) in [6, 6.07) is 0. The molecule has 0 radical (unpaired) electrons. The highest BCUT2D eigenvalue weighted by Gasteiger charge is 2.32. The van der Waals surface area contributed by atoms with Crippen molar-refractivity contribution in [2.24, 2.45) is 0 Å². The molecule has 0 amide bonds. The van der Waals surface area contributed by atoms with E-state index in [9.17, 15) is 4.79 Å². The zero-order valence-electron chi connectivity index (χ0n) is 10.2. The number of carboxylic acids is 1. The first-order valence-electron chi connectivity index (χ1n) is 6.14. The van der Waals surface area contributed by atoms with E-state index >= 15 is 0 Å². The maximum Gasteiger partial charge on any atom is 0.380 e. The van der Waals surface area contributed by atoms with Crippen molar-refractivity contribution in [3.8, 4) is 11.5 Å². The molecule has 0 unspecified atom stereocenters. The summed E-state index contributed by atoms with van der Waals surface area (Å²) in [6.07, 6.45) is 6.46. The van der Waals surface area contributed by atoms with Crippen LogP contribution in [0.3, 0.4) is 0 Å². The Kier molecular flexibility index (Phi) is 3.96. The van der Waals surface area contributed by atoms with Crippen LogP contribution in [0.5, 0.6) is 0 Å². The Bertz CT molecular complexity index is 483. The molecule has 0 aliphatic heterocycles. The zero-order chi connectivity index (χ0) is 13.0. The average Bonchev–Trinajstić information content (AvgIpc) is 2.26. The van der Waals surface area contributed by atoms with E-state index in [-0.39, 0.29) is 11.5 Å². The standard InChI is InChI=1S/C12H16O6/c1-2-3-4-5-6-7-8-9(16-15-8)10-11(12(13)14)18-17-10/h2-7H2,1H3,(H,13,14). The molecule has 2 aromatic rings. The van der Waals surface area contributed by atoms with Crippen LogP contribution in [-0.2, 0) is 6.42 Å². The molecule has 1 N–H and O–H groups in total. The lowest BCUT2D eigenvalue weighted by molar-refractivity contribution is -0.0410. The number of hydrogen-bond acceptors (Lipinski definition) is 5. The van der Waals surface area contributed by atoms with Gasteiger partial charge in [0.2, 0.25) is 5.76 Å². The first-order valence-corrected chi connectivity index (χ1v) is 6.14. The van der Waals surface area contributed by atoms with Crippen molar-refractivity contribution in [1.82, 2.24) is 0 Å². The van der Waals surface area contributed by atoms with Crippen molar-refractivity contribution < 1.29 is 28.2 Å². The quantitative estimate of drug-likeness (QED) is 0.568. The summed E-state index contributed by atoms with van der Waals surface area (Å²) in [4.78, 5) is 10.7. The predicted octanol–water partition coefficient (Wildman–Crippen LogP) is 3.94. The molecule has 0 aliphatic carbocycles. The van der Waals surface area contributed by atoms with Gasteiger partial charge in [0.1, 0.15) is 0 Å². The number of unbranched alkanes of at least 4 members (excludes halogenated alkanes) is 4. The number of rotatable bonds is 8. The molecule has 2 heterocycles.